The third-order valence-corrected chi connectivity index (χ3v) is 5.57. The molecule has 7 nitrogen and oxygen atoms in total. The number of thiophene rings is 1. The average Bonchev–Trinajstić information content (AvgIpc) is 3.38. The molecule has 8 heteroatoms. The van der Waals surface area contributed by atoms with Gasteiger partial charge in [0.2, 0.25) is 0 Å². The Kier molecular flexibility index (Phi) is 4.97. The molecule has 28 heavy (non-hydrogen) atoms. The predicted octanol–water partition coefficient (Wildman–Crippen LogP) is 3.15. The van der Waals surface area contributed by atoms with Crippen LogP contribution in [0.1, 0.15) is 38.1 Å². The second-order valence-corrected chi connectivity index (χ2v) is 7.35. The molecule has 4 rings (SSSR count). The zero-order valence-corrected chi connectivity index (χ0v) is 16.1. The number of hydrogen-bond donors (Lipinski definition) is 1. The first-order chi connectivity index (χ1) is 13.5. The van der Waals surface area contributed by atoms with E-state index in [1.165, 1.54) is 6.20 Å². The van der Waals surface area contributed by atoms with E-state index < -0.39 is 5.97 Å². The monoisotopic (exact) mass is 397 g/mol. The third-order valence-electron chi connectivity index (χ3n) is 4.87. The first-order valence-corrected chi connectivity index (χ1v) is 9.80. The number of carboxylic acids is 1. The van der Waals surface area contributed by atoms with Crippen LogP contribution in [0.4, 0.5) is 0 Å². The number of carbonyl (C=O) groups excluding carboxylic acids is 1. The summed E-state index contributed by atoms with van der Waals surface area (Å²) in [7, 11) is 0. The number of rotatable bonds is 4. The topological polar surface area (TPSA) is 84.7 Å². The SMILES string of the molecule is Cc1c(C(=O)O)cnn1-c1ccc(C(=O)N2CCO[C@@H](c3ccsc3)C2)cc1. The van der Waals surface area contributed by atoms with E-state index in [2.05, 4.69) is 5.10 Å². The lowest BCUT2D eigenvalue weighted by molar-refractivity contribution is -0.0226. The summed E-state index contributed by atoms with van der Waals surface area (Å²) in [4.78, 5) is 25.9. The van der Waals surface area contributed by atoms with Gasteiger partial charge in [-0.05, 0) is 53.6 Å². The van der Waals surface area contributed by atoms with Crippen LogP contribution >= 0.6 is 11.3 Å². The minimum Gasteiger partial charge on any atom is -0.478 e. The Morgan fingerprint density at radius 3 is 2.68 bits per heavy atom. The summed E-state index contributed by atoms with van der Waals surface area (Å²) < 4.78 is 7.36. The van der Waals surface area contributed by atoms with Gasteiger partial charge in [0.1, 0.15) is 11.7 Å². The van der Waals surface area contributed by atoms with Gasteiger partial charge >= 0.3 is 5.97 Å². The standard InChI is InChI=1S/C20H19N3O4S/c1-13-17(20(25)26)10-21-23(13)16-4-2-14(3-5-16)19(24)22-7-8-27-18(11-22)15-6-9-28-12-15/h2-6,9-10,12,18H,7-8,11H2,1H3,(H,25,26)/t18-/m1/s1. The summed E-state index contributed by atoms with van der Waals surface area (Å²) in [6, 6.07) is 9.06. The van der Waals surface area contributed by atoms with E-state index in [1.807, 2.05) is 21.7 Å². The number of hydrogen-bond acceptors (Lipinski definition) is 5. The molecule has 0 unspecified atom stereocenters. The van der Waals surface area contributed by atoms with E-state index >= 15 is 0 Å². The van der Waals surface area contributed by atoms with Crippen molar-refractivity contribution in [2.45, 2.75) is 13.0 Å². The number of aromatic carboxylic acids is 1. The van der Waals surface area contributed by atoms with Gasteiger partial charge in [-0.15, -0.1) is 0 Å². The Bertz CT molecular complexity index is 995. The van der Waals surface area contributed by atoms with Crippen molar-refractivity contribution in [3.63, 3.8) is 0 Å². The van der Waals surface area contributed by atoms with Crippen molar-refractivity contribution in [1.82, 2.24) is 14.7 Å². The number of nitrogens with zero attached hydrogens (tertiary/aromatic N) is 3. The molecule has 1 aliphatic heterocycles. The second kappa shape index (κ2) is 7.57. The van der Waals surface area contributed by atoms with E-state index in [4.69, 9.17) is 9.84 Å². The summed E-state index contributed by atoms with van der Waals surface area (Å²) in [5.41, 5.74) is 3.09. The van der Waals surface area contributed by atoms with Crippen LogP contribution in [-0.2, 0) is 4.74 Å². The molecule has 1 aromatic carbocycles. The van der Waals surface area contributed by atoms with Crippen molar-refractivity contribution in [3.8, 4) is 5.69 Å². The number of ether oxygens (including phenoxy) is 1. The lowest BCUT2D eigenvalue weighted by Crippen LogP contribution is -2.42. The van der Waals surface area contributed by atoms with Crippen molar-refractivity contribution < 1.29 is 19.4 Å². The van der Waals surface area contributed by atoms with E-state index in [1.54, 1.807) is 47.2 Å². The Morgan fingerprint density at radius 1 is 1.25 bits per heavy atom. The number of amides is 1. The fraction of sp³-hybridized carbons (Fsp3) is 0.250. The fourth-order valence-corrected chi connectivity index (χ4v) is 4.00. The van der Waals surface area contributed by atoms with Crippen molar-refractivity contribution in [1.29, 1.82) is 0 Å². The highest BCUT2D eigenvalue weighted by atomic mass is 32.1. The van der Waals surface area contributed by atoms with Gasteiger partial charge in [-0.2, -0.15) is 16.4 Å². The van der Waals surface area contributed by atoms with Crippen LogP contribution in [0.5, 0.6) is 0 Å². The molecule has 3 heterocycles. The predicted molar refractivity (Wildman–Crippen MR) is 104 cm³/mol. The fourth-order valence-electron chi connectivity index (χ4n) is 3.30. The number of carboxylic acid groups (broad SMARTS) is 1. The molecule has 1 fully saturated rings. The summed E-state index contributed by atoms with van der Waals surface area (Å²) in [5.74, 6) is -1.05. The molecule has 0 aliphatic carbocycles. The Labute approximate surface area is 165 Å². The van der Waals surface area contributed by atoms with E-state index in [9.17, 15) is 9.59 Å². The third kappa shape index (κ3) is 3.44. The number of carbonyl (C=O) groups is 2. The zero-order valence-electron chi connectivity index (χ0n) is 15.2. The van der Waals surface area contributed by atoms with Gasteiger partial charge in [0, 0.05) is 12.1 Å². The molecule has 1 atom stereocenters. The maximum Gasteiger partial charge on any atom is 0.339 e. The van der Waals surface area contributed by atoms with Crippen LogP contribution in [0.3, 0.4) is 0 Å². The molecule has 1 saturated heterocycles. The molecule has 0 radical (unpaired) electrons. The first kappa shape index (κ1) is 18.4. The van der Waals surface area contributed by atoms with Crippen LogP contribution < -0.4 is 0 Å². The maximum atomic E-state index is 12.9. The molecular formula is C20H19N3O4S. The molecule has 3 aromatic rings. The Morgan fingerprint density at radius 2 is 2.04 bits per heavy atom. The summed E-state index contributed by atoms with van der Waals surface area (Å²) >= 11 is 1.61. The van der Waals surface area contributed by atoms with Gasteiger partial charge in [-0.3, -0.25) is 4.79 Å². The average molecular weight is 397 g/mol. The summed E-state index contributed by atoms with van der Waals surface area (Å²) in [6.07, 6.45) is 1.24. The molecule has 0 spiro atoms. The van der Waals surface area contributed by atoms with Gasteiger partial charge in [-0.25, -0.2) is 9.48 Å². The molecule has 1 amide bonds. The lowest BCUT2D eigenvalue weighted by atomic mass is 10.1. The Balaban J connectivity index is 1.50. The minimum atomic E-state index is -1.01. The van der Waals surface area contributed by atoms with Gasteiger partial charge in [0.15, 0.2) is 0 Å². The zero-order chi connectivity index (χ0) is 19.7. The minimum absolute atomic E-state index is 0.0431. The van der Waals surface area contributed by atoms with Crippen LogP contribution in [0.25, 0.3) is 5.69 Å². The Hall–Kier alpha value is -2.97. The molecule has 144 valence electrons. The van der Waals surface area contributed by atoms with Crippen molar-refractivity contribution >= 4 is 23.2 Å². The second-order valence-electron chi connectivity index (χ2n) is 6.57. The normalized spacial score (nSPS) is 16.9. The lowest BCUT2D eigenvalue weighted by Gasteiger charge is -2.32. The van der Waals surface area contributed by atoms with E-state index in [0.29, 0.717) is 36.6 Å². The molecule has 2 aromatic heterocycles. The smallest absolute Gasteiger partial charge is 0.339 e. The van der Waals surface area contributed by atoms with Crippen LogP contribution in [0, 0.1) is 6.92 Å². The first-order valence-electron chi connectivity index (χ1n) is 8.86. The summed E-state index contributed by atoms with van der Waals surface area (Å²) in [6.45, 7) is 3.29. The number of morpholine rings is 1. The van der Waals surface area contributed by atoms with E-state index in [0.717, 1.165) is 5.56 Å². The highest BCUT2D eigenvalue weighted by molar-refractivity contribution is 7.07. The van der Waals surface area contributed by atoms with Crippen molar-refractivity contribution in [3.05, 3.63) is 69.7 Å². The van der Waals surface area contributed by atoms with Gasteiger partial charge in [0.05, 0.1) is 30.7 Å². The molecular weight excluding hydrogens is 378 g/mol. The van der Waals surface area contributed by atoms with E-state index in [-0.39, 0.29) is 17.6 Å². The van der Waals surface area contributed by atoms with Crippen LogP contribution in [0.15, 0.2) is 47.3 Å². The van der Waals surface area contributed by atoms with Crippen LogP contribution in [0.2, 0.25) is 0 Å². The van der Waals surface area contributed by atoms with Gasteiger partial charge < -0.3 is 14.7 Å². The highest BCUT2D eigenvalue weighted by Crippen LogP contribution is 2.25. The van der Waals surface area contributed by atoms with Crippen molar-refractivity contribution in [2.75, 3.05) is 19.7 Å². The van der Waals surface area contributed by atoms with Gasteiger partial charge in [0.25, 0.3) is 5.91 Å². The highest BCUT2D eigenvalue weighted by Gasteiger charge is 2.26. The molecule has 0 saturated carbocycles. The largest absolute Gasteiger partial charge is 0.478 e. The number of benzene rings is 1. The molecule has 1 aliphatic rings. The summed E-state index contributed by atoms with van der Waals surface area (Å²) in [5, 5.41) is 17.4. The van der Waals surface area contributed by atoms with Gasteiger partial charge in [-0.1, -0.05) is 0 Å². The molecule has 1 N–H and O–H groups in total. The maximum absolute atomic E-state index is 12.9. The van der Waals surface area contributed by atoms with Crippen molar-refractivity contribution in [2.24, 2.45) is 0 Å². The quantitative estimate of drug-likeness (QED) is 0.731. The number of aromatic nitrogens is 2. The van der Waals surface area contributed by atoms with Crippen LogP contribution in [-0.4, -0.2) is 51.4 Å². The molecule has 0 bridgehead atoms.